The number of benzene rings is 2. The van der Waals surface area contributed by atoms with Gasteiger partial charge in [0, 0.05) is 24.8 Å². The molecule has 33 heavy (non-hydrogen) atoms. The molecule has 1 aliphatic heterocycles. The Morgan fingerprint density at radius 3 is 2.73 bits per heavy atom. The fourth-order valence-corrected chi connectivity index (χ4v) is 4.40. The maximum atomic E-state index is 13.1. The van der Waals surface area contributed by atoms with Gasteiger partial charge in [0.05, 0.1) is 24.4 Å². The van der Waals surface area contributed by atoms with Crippen LogP contribution >= 0.6 is 0 Å². The van der Waals surface area contributed by atoms with Crippen LogP contribution in [0.5, 0.6) is 5.75 Å². The lowest BCUT2D eigenvalue weighted by Crippen LogP contribution is -2.27. The van der Waals surface area contributed by atoms with Gasteiger partial charge in [-0.15, -0.1) is 0 Å². The van der Waals surface area contributed by atoms with Crippen molar-refractivity contribution in [2.24, 2.45) is 0 Å². The number of methoxy groups -OCH3 is 1. The Morgan fingerprint density at radius 1 is 1.21 bits per heavy atom. The fourth-order valence-electron chi connectivity index (χ4n) is 4.40. The van der Waals surface area contributed by atoms with Crippen LogP contribution in [0.2, 0.25) is 0 Å². The van der Waals surface area contributed by atoms with E-state index in [1.165, 1.54) is 12.1 Å². The minimum absolute atomic E-state index is 0.102. The summed E-state index contributed by atoms with van der Waals surface area (Å²) in [6.07, 6.45) is 3.66. The van der Waals surface area contributed by atoms with E-state index < -0.39 is 0 Å². The first-order valence-corrected chi connectivity index (χ1v) is 11.2. The van der Waals surface area contributed by atoms with Crippen molar-refractivity contribution < 1.29 is 13.9 Å². The number of carbonyl (C=O) groups excluding carboxylic acids is 1. The second kappa shape index (κ2) is 10.1. The van der Waals surface area contributed by atoms with Crippen LogP contribution in [-0.2, 0) is 13.1 Å². The summed E-state index contributed by atoms with van der Waals surface area (Å²) >= 11 is 0. The highest BCUT2D eigenvalue weighted by atomic mass is 19.1. The van der Waals surface area contributed by atoms with Gasteiger partial charge in [0.25, 0.3) is 5.91 Å². The van der Waals surface area contributed by atoms with Crippen LogP contribution in [0.15, 0.2) is 48.7 Å². The molecule has 1 aliphatic rings. The molecule has 1 unspecified atom stereocenters. The van der Waals surface area contributed by atoms with Crippen molar-refractivity contribution in [3.05, 3.63) is 88.3 Å². The Hall–Kier alpha value is -3.32. The minimum atomic E-state index is -0.299. The molecule has 1 atom stereocenters. The highest BCUT2D eigenvalue weighted by molar-refractivity contribution is 5.94. The smallest absolute Gasteiger partial charge is 0.254 e. The van der Waals surface area contributed by atoms with Crippen LogP contribution in [0.4, 0.5) is 4.39 Å². The fraction of sp³-hybridized carbons (Fsp3) is 0.346. The largest absolute Gasteiger partial charge is 0.496 e. The first-order valence-electron chi connectivity index (χ1n) is 11.2. The molecule has 0 bridgehead atoms. The topological polar surface area (TPSA) is 67.3 Å². The molecule has 0 radical (unpaired) electrons. The summed E-state index contributed by atoms with van der Waals surface area (Å²) < 4.78 is 18.7. The third kappa shape index (κ3) is 5.20. The average molecular weight is 449 g/mol. The second-order valence-corrected chi connectivity index (χ2v) is 8.43. The van der Waals surface area contributed by atoms with E-state index in [2.05, 4.69) is 40.3 Å². The minimum Gasteiger partial charge on any atom is -0.496 e. The summed E-state index contributed by atoms with van der Waals surface area (Å²) in [6, 6.07) is 12.4. The molecule has 1 amide bonds. The lowest BCUT2D eigenvalue weighted by molar-refractivity contribution is 0.0949. The van der Waals surface area contributed by atoms with Gasteiger partial charge in [-0.3, -0.25) is 9.69 Å². The Morgan fingerprint density at radius 2 is 2.00 bits per heavy atom. The number of para-hydroxylation sites is 1. The van der Waals surface area contributed by atoms with Crippen molar-refractivity contribution in [2.75, 3.05) is 13.7 Å². The Bertz CT molecular complexity index is 1130. The number of nitrogens with one attached hydrogen (secondary N) is 1. The molecule has 1 N–H and O–H groups in total. The van der Waals surface area contributed by atoms with Gasteiger partial charge in [-0.05, 0) is 56.5 Å². The van der Waals surface area contributed by atoms with Crippen LogP contribution < -0.4 is 10.1 Å². The number of rotatable bonds is 7. The summed E-state index contributed by atoms with van der Waals surface area (Å²) in [5, 5.41) is 2.86. The predicted octanol–water partition coefficient (Wildman–Crippen LogP) is 4.51. The molecule has 172 valence electrons. The molecule has 1 fully saturated rings. The predicted molar refractivity (Wildman–Crippen MR) is 124 cm³/mol. The van der Waals surface area contributed by atoms with E-state index in [-0.39, 0.29) is 17.8 Å². The zero-order valence-corrected chi connectivity index (χ0v) is 19.3. The number of hydrogen-bond acceptors (Lipinski definition) is 5. The summed E-state index contributed by atoms with van der Waals surface area (Å²) in [4.78, 5) is 24.3. The number of aryl methyl sites for hydroxylation is 2. The molecular weight excluding hydrogens is 419 g/mol. The van der Waals surface area contributed by atoms with Gasteiger partial charge in [-0.2, -0.15) is 0 Å². The Kier molecular flexibility index (Phi) is 6.99. The van der Waals surface area contributed by atoms with Crippen molar-refractivity contribution in [3.63, 3.8) is 0 Å². The lowest BCUT2D eigenvalue weighted by atomic mass is 10.1. The van der Waals surface area contributed by atoms with E-state index in [1.807, 2.05) is 6.92 Å². The van der Waals surface area contributed by atoms with Crippen LogP contribution in [0, 0.1) is 19.7 Å². The molecule has 0 aliphatic carbocycles. The summed E-state index contributed by atoms with van der Waals surface area (Å²) in [7, 11) is 1.71. The second-order valence-electron chi connectivity index (χ2n) is 8.43. The number of amides is 1. The van der Waals surface area contributed by atoms with E-state index in [0.717, 1.165) is 54.2 Å². The molecule has 0 saturated carbocycles. The van der Waals surface area contributed by atoms with Gasteiger partial charge in [0.15, 0.2) is 0 Å². The number of likely N-dealkylation sites (tertiary alicyclic amines) is 1. The van der Waals surface area contributed by atoms with Crippen molar-refractivity contribution in [1.82, 2.24) is 20.2 Å². The van der Waals surface area contributed by atoms with Crippen molar-refractivity contribution >= 4 is 5.91 Å². The summed E-state index contributed by atoms with van der Waals surface area (Å²) in [5.41, 5.74) is 4.20. The first-order chi connectivity index (χ1) is 16.0. The van der Waals surface area contributed by atoms with Crippen molar-refractivity contribution in [1.29, 1.82) is 0 Å². The molecule has 6 nitrogen and oxygen atoms in total. The molecule has 7 heteroatoms. The van der Waals surface area contributed by atoms with E-state index in [1.54, 1.807) is 25.4 Å². The number of ether oxygens (including phenoxy) is 1. The molecule has 3 aromatic rings. The average Bonchev–Trinajstić information content (AvgIpc) is 3.27. The van der Waals surface area contributed by atoms with Gasteiger partial charge in [-0.25, -0.2) is 14.4 Å². The molecule has 2 aromatic carbocycles. The molecule has 1 aromatic heterocycles. The number of halogens is 1. The number of nitrogens with zero attached hydrogens (tertiary/aromatic N) is 3. The third-order valence-corrected chi connectivity index (χ3v) is 6.14. The number of aromatic nitrogens is 2. The number of carbonyl (C=O) groups is 1. The van der Waals surface area contributed by atoms with Gasteiger partial charge in [-0.1, -0.05) is 30.3 Å². The van der Waals surface area contributed by atoms with E-state index in [9.17, 15) is 9.18 Å². The van der Waals surface area contributed by atoms with Gasteiger partial charge in [0.2, 0.25) is 0 Å². The van der Waals surface area contributed by atoms with Gasteiger partial charge in [0.1, 0.15) is 17.4 Å². The van der Waals surface area contributed by atoms with E-state index >= 15 is 0 Å². The molecule has 0 spiro atoms. The highest BCUT2D eigenvalue weighted by Gasteiger charge is 2.29. The van der Waals surface area contributed by atoms with Crippen molar-refractivity contribution in [3.8, 4) is 5.75 Å². The normalized spacial score (nSPS) is 16.1. The SMILES string of the molecule is COc1c(C)cccc1CN1CCCC1c1ncc(C(=O)NCc2ccc(F)cc2)c(C)n1. The van der Waals surface area contributed by atoms with Crippen LogP contribution in [-0.4, -0.2) is 34.4 Å². The van der Waals surface area contributed by atoms with Crippen LogP contribution in [0.1, 0.15) is 57.5 Å². The molecule has 2 heterocycles. The summed E-state index contributed by atoms with van der Waals surface area (Å²) in [6.45, 7) is 5.92. The Labute approximate surface area is 193 Å². The molecule has 1 saturated heterocycles. The van der Waals surface area contributed by atoms with Crippen LogP contribution in [0.3, 0.4) is 0 Å². The summed E-state index contributed by atoms with van der Waals surface area (Å²) in [5.74, 6) is 1.13. The highest BCUT2D eigenvalue weighted by Crippen LogP contribution is 2.34. The van der Waals surface area contributed by atoms with E-state index in [0.29, 0.717) is 17.8 Å². The van der Waals surface area contributed by atoms with Gasteiger partial charge < -0.3 is 10.1 Å². The third-order valence-electron chi connectivity index (χ3n) is 6.14. The standard InChI is InChI=1S/C26H29FN4O2/c1-17-6-4-7-20(24(17)33-3)16-31-13-5-8-23(31)25-28-15-22(18(2)30-25)26(32)29-14-19-9-11-21(27)12-10-19/h4,6-7,9-12,15,23H,5,8,13-14,16H2,1-3H3,(H,29,32). The van der Waals surface area contributed by atoms with Gasteiger partial charge >= 0.3 is 0 Å². The zero-order chi connectivity index (χ0) is 23.4. The van der Waals surface area contributed by atoms with E-state index in [4.69, 9.17) is 9.72 Å². The van der Waals surface area contributed by atoms with Crippen molar-refractivity contribution in [2.45, 2.75) is 45.8 Å². The van der Waals surface area contributed by atoms with Crippen LogP contribution in [0.25, 0.3) is 0 Å². The Balaban J connectivity index is 1.46. The maximum absolute atomic E-state index is 13.1. The monoisotopic (exact) mass is 448 g/mol. The molecule has 4 rings (SSSR count). The quantitative estimate of drug-likeness (QED) is 0.576. The zero-order valence-electron chi connectivity index (χ0n) is 19.3. The number of hydrogen-bond donors (Lipinski definition) is 1. The molecular formula is C26H29FN4O2. The lowest BCUT2D eigenvalue weighted by Gasteiger charge is -2.25. The maximum Gasteiger partial charge on any atom is 0.254 e. The first kappa shape index (κ1) is 22.9.